The minimum atomic E-state index is 0.181. The van der Waals surface area contributed by atoms with E-state index in [1.54, 1.807) is 0 Å². The molecule has 18 heavy (non-hydrogen) atoms. The van der Waals surface area contributed by atoms with Crippen molar-refractivity contribution in [2.24, 2.45) is 23.0 Å². The molecule has 2 saturated carbocycles. The van der Waals surface area contributed by atoms with Crippen molar-refractivity contribution in [3.05, 3.63) is 0 Å². The first-order valence-corrected chi connectivity index (χ1v) is 7.49. The summed E-state index contributed by atoms with van der Waals surface area (Å²) in [6, 6.07) is 0.247. The van der Waals surface area contributed by atoms with Gasteiger partial charge in [0.1, 0.15) is 0 Å². The number of amides is 1. The van der Waals surface area contributed by atoms with Gasteiger partial charge >= 0.3 is 0 Å². The average molecular weight is 252 g/mol. The van der Waals surface area contributed by atoms with Crippen LogP contribution in [0.25, 0.3) is 0 Å². The number of carbonyl (C=O) groups excluding carboxylic acids is 1. The first kappa shape index (κ1) is 13.9. The van der Waals surface area contributed by atoms with Crippen LogP contribution in [-0.2, 0) is 4.79 Å². The number of rotatable bonds is 3. The Balaban J connectivity index is 1.67. The Kier molecular flexibility index (Phi) is 4.31. The fourth-order valence-corrected chi connectivity index (χ4v) is 3.31. The molecule has 0 bridgehead atoms. The summed E-state index contributed by atoms with van der Waals surface area (Å²) in [5.74, 6) is 1.12. The minimum absolute atomic E-state index is 0.181. The third-order valence-corrected chi connectivity index (χ3v) is 4.87. The molecule has 2 unspecified atom stereocenters. The Morgan fingerprint density at radius 3 is 2.44 bits per heavy atom. The quantitative estimate of drug-likeness (QED) is 0.810. The van der Waals surface area contributed by atoms with Crippen LogP contribution in [0, 0.1) is 17.3 Å². The van der Waals surface area contributed by atoms with Crippen molar-refractivity contribution in [1.82, 2.24) is 5.32 Å². The Bertz CT molecular complexity index is 291. The van der Waals surface area contributed by atoms with Gasteiger partial charge in [-0.1, -0.05) is 13.8 Å². The van der Waals surface area contributed by atoms with E-state index in [-0.39, 0.29) is 17.9 Å². The lowest BCUT2D eigenvalue weighted by Gasteiger charge is -2.34. The van der Waals surface area contributed by atoms with Gasteiger partial charge in [-0.25, -0.2) is 0 Å². The van der Waals surface area contributed by atoms with Crippen LogP contribution in [-0.4, -0.2) is 18.5 Å². The zero-order chi connectivity index (χ0) is 13.2. The highest BCUT2D eigenvalue weighted by Crippen LogP contribution is 2.37. The molecule has 0 aromatic rings. The van der Waals surface area contributed by atoms with Gasteiger partial charge in [-0.05, 0) is 56.3 Å². The summed E-state index contributed by atoms with van der Waals surface area (Å²) in [7, 11) is 0. The van der Waals surface area contributed by atoms with Gasteiger partial charge in [0.2, 0.25) is 5.91 Å². The van der Waals surface area contributed by atoms with Crippen molar-refractivity contribution in [2.45, 2.75) is 64.8 Å². The average Bonchev–Trinajstić information content (AvgIpc) is 2.74. The van der Waals surface area contributed by atoms with E-state index in [1.165, 1.54) is 25.7 Å². The largest absolute Gasteiger partial charge is 0.356 e. The Morgan fingerprint density at radius 1 is 1.22 bits per heavy atom. The molecule has 0 saturated heterocycles. The Labute approximate surface area is 111 Å². The molecule has 3 N–H and O–H groups in total. The molecule has 2 fully saturated rings. The predicted molar refractivity (Wildman–Crippen MR) is 74.1 cm³/mol. The second kappa shape index (κ2) is 5.60. The molecule has 0 spiro atoms. The monoisotopic (exact) mass is 252 g/mol. The van der Waals surface area contributed by atoms with E-state index in [9.17, 15) is 4.79 Å². The molecule has 0 heterocycles. The van der Waals surface area contributed by atoms with Crippen molar-refractivity contribution in [3.8, 4) is 0 Å². The van der Waals surface area contributed by atoms with Gasteiger partial charge in [-0.3, -0.25) is 4.79 Å². The summed E-state index contributed by atoms with van der Waals surface area (Å²) in [6.07, 6.45) is 7.97. The Hall–Kier alpha value is -0.570. The molecule has 104 valence electrons. The third kappa shape index (κ3) is 3.71. The van der Waals surface area contributed by atoms with Crippen molar-refractivity contribution < 1.29 is 4.79 Å². The number of nitrogens with two attached hydrogens (primary N) is 1. The van der Waals surface area contributed by atoms with Crippen LogP contribution < -0.4 is 11.1 Å². The van der Waals surface area contributed by atoms with Gasteiger partial charge < -0.3 is 11.1 Å². The molecule has 3 heteroatoms. The molecule has 1 amide bonds. The van der Waals surface area contributed by atoms with Gasteiger partial charge in [0.15, 0.2) is 0 Å². The lowest BCUT2D eigenvalue weighted by Crippen LogP contribution is -2.36. The first-order chi connectivity index (χ1) is 8.46. The molecule has 3 nitrogen and oxygen atoms in total. The van der Waals surface area contributed by atoms with Gasteiger partial charge in [0.05, 0.1) is 0 Å². The van der Waals surface area contributed by atoms with Gasteiger partial charge in [0.25, 0.3) is 0 Å². The smallest absolute Gasteiger partial charge is 0.223 e. The molecular weight excluding hydrogens is 224 g/mol. The number of hydrogen-bond donors (Lipinski definition) is 2. The number of carbonyl (C=O) groups is 1. The van der Waals surface area contributed by atoms with Crippen molar-refractivity contribution in [3.63, 3.8) is 0 Å². The second-order valence-corrected chi connectivity index (χ2v) is 7.12. The summed E-state index contributed by atoms with van der Waals surface area (Å²) in [5, 5.41) is 3.15. The molecule has 0 radical (unpaired) electrons. The van der Waals surface area contributed by atoms with Crippen LogP contribution in [0.15, 0.2) is 0 Å². The zero-order valence-corrected chi connectivity index (χ0v) is 11.9. The lowest BCUT2D eigenvalue weighted by atomic mass is 9.73. The molecule has 0 aromatic heterocycles. The maximum Gasteiger partial charge on any atom is 0.223 e. The summed E-state index contributed by atoms with van der Waals surface area (Å²) in [4.78, 5) is 12.0. The van der Waals surface area contributed by atoms with Crippen LogP contribution in [0.5, 0.6) is 0 Å². The van der Waals surface area contributed by atoms with Crippen molar-refractivity contribution in [1.29, 1.82) is 0 Å². The lowest BCUT2D eigenvalue weighted by molar-refractivity contribution is -0.125. The summed E-state index contributed by atoms with van der Waals surface area (Å²) >= 11 is 0. The van der Waals surface area contributed by atoms with E-state index >= 15 is 0 Å². The van der Waals surface area contributed by atoms with Gasteiger partial charge in [-0.15, -0.1) is 0 Å². The maximum absolute atomic E-state index is 12.0. The van der Waals surface area contributed by atoms with E-state index in [1.807, 2.05) is 0 Å². The van der Waals surface area contributed by atoms with Crippen LogP contribution in [0.1, 0.15) is 58.8 Å². The van der Waals surface area contributed by atoms with E-state index in [2.05, 4.69) is 19.2 Å². The van der Waals surface area contributed by atoms with Crippen LogP contribution in [0.2, 0.25) is 0 Å². The predicted octanol–water partition coefficient (Wildman–Crippen LogP) is 2.45. The zero-order valence-electron chi connectivity index (χ0n) is 11.9. The van der Waals surface area contributed by atoms with Gasteiger partial charge in [-0.2, -0.15) is 0 Å². The van der Waals surface area contributed by atoms with Gasteiger partial charge in [0, 0.05) is 18.5 Å². The van der Waals surface area contributed by atoms with E-state index in [4.69, 9.17) is 5.73 Å². The molecule has 0 aliphatic heterocycles. The van der Waals surface area contributed by atoms with E-state index < -0.39 is 0 Å². The molecule has 2 aliphatic carbocycles. The number of nitrogens with one attached hydrogen (secondary N) is 1. The maximum atomic E-state index is 12.0. The standard InChI is InChI=1S/C15H28N2O/c1-15(2)7-5-11(6-8-15)10-17-14(18)12-3-4-13(16)9-12/h11-13H,3-10,16H2,1-2H3,(H,17,18). The molecule has 2 rings (SSSR count). The van der Waals surface area contributed by atoms with E-state index in [0.29, 0.717) is 11.3 Å². The normalized spacial score (nSPS) is 32.4. The highest BCUT2D eigenvalue weighted by molar-refractivity contribution is 5.78. The third-order valence-electron chi connectivity index (χ3n) is 4.87. The molecule has 2 atom stereocenters. The van der Waals surface area contributed by atoms with Crippen LogP contribution in [0.4, 0.5) is 0 Å². The minimum Gasteiger partial charge on any atom is -0.356 e. The topological polar surface area (TPSA) is 55.1 Å². The second-order valence-electron chi connectivity index (χ2n) is 7.12. The fraction of sp³-hybridized carbons (Fsp3) is 0.933. The summed E-state index contributed by atoms with van der Waals surface area (Å²) in [5.41, 5.74) is 6.36. The summed E-state index contributed by atoms with van der Waals surface area (Å²) in [6.45, 7) is 5.57. The highest BCUT2D eigenvalue weighted by Gasteiger charge is 2.30. The SMILES string of the molecule is CC1(C)CCC(CNC(=O)C2CCC(N)C2)CC1. The van der Waals surface area contributed by atoms with Crippen LogP contribution in [0.3, 0.4) is 0 Å². The summed E-state index contributed by atoms with van der Waals surface area (Å²) < 4.78 is 0. The fourth-order valence-electron chi connectivity index (χ4n) is 3.31. The molecule has 2 aliphatic rings. The van der Waals surface area contributed by atoms with Crippen LogP contribution >= 0.6 is 0 Å². The Morgan fingerprint density at radius 2 is 1.89 bits per heavy atom. The molecule has 0 aromatic carbocycles. The van der Waals surface area contributed by atoms with E-state index in [0.717, 1.165) is 25.8 Å². The van der Waals surface area contributed by atoms with Crippen molar-refractivity contribution in [2.75, 3.05) is 6.54 Å². The first-order valence-electron chi connectivity index (χ1n) is 7.49. The number of hydrogen-bond acceptors (Lipinski definition) is 2. The van der Waals surface area contributed by atoms with Crippen molar-refractivity contribution >= 4 is 5.91 Å². The highest BCUT2D eigenvalue weighted by atomic mass is 16.1. The molecular formula is C15H28N2O.